The second kappa shape index (κ2) is 12.2. The van der Waals surface area contributed by atoms with Gasteiger partial charge in [-0.3, -0.25) is 9.59 Å². The molecule has 2 aromatic rings. The van der Waals surface area contributed by atoms with E-state index >= 15 is 0 Å². The Bertz CT molecular complexity index is 811. The molecule has 6 nitrogen and oxygen atoms in total. The van der Waals surface area contributed by atoms with Gasteiger partial charge in [0.15, 0.2) is 5.78 Å². The van der Waals surface area contributed by atoms with Crippen LogP contribution in [0, 0.1) is 11.8 Å². The molecule has 0 radical (unpaired) electrons. The fourth-order valence-electron chi connectivity index (χ4n) is 3.87. The van der Waals surface area contributed by atoms with E-state index in [4.69, 9.17) is 18.8 Å². The molecule has 1 aliphatic carbocycles. The van der Waals surface area contributed by atoms with Crippen LogP contribution in [0.2, 0.25) is 0 Å². The second-order valence-corrected chi connectivity index (χ2v) is 7.02. The van der Waals surface area contributed by atoms with Crippen LogP contribution in [0.5, 0.6) is 11.5 Å². The zero-order chi connectivity index (χ0) is 21.9. The normalized spacial score (nSPS) is 14.3. The lowest BCUT2D eigenvalue weighted by atomic mass is 9.84. The van der Waals surface area contributed by atoms with E-state index in [2.05, 4.69) is 0 Å². The van der Waals surface area contributed by atoms with Gasteiger partial charge in [0.25, 0.3) is 0 Å². The standard InChI is InChI=1S/C23H26O5.H3OP/c1-26-18-13-8-14-19(27-2)21(18)22(24)20(17-11-6-7-12-17)23(25)28-15-16-9-4-3-5-10-16;1-2/h3-5,8-10,13-14,17,20H,6-7,11-12,15H2,1-2H3;2H3. The maximum atomic E-state index is 13.5. The first-order chi connectivity index (χ1) is 14.7. The van der Waals surface area contributed by atoms with Gasteiger partial charge in [-0.15, -0.1) is 0 Å². The third-order valence-corrected chi connectivity index (χ3v) is 5.31. The summed E-state index contributed by atoms with van der Waals surface area (Å²) in [4.78, 5) is 26.5. The number of carbonyl (C=O) groups excluding carboxylic acids is 2. The van der Waals surface area contributed by atoms with Gasteiger partial charge in [0.2, 0.25) is 0 Å². The molecule has 0 aliphatic heterocycles. The van der Waals surface area contributed by atoms with Crippen molar-refractivity contribution in [3.63, 3.8) is 0 Å². The van der Waals surface area contributed by atoms with Gasteiger partial charge < -0.3 is 18.8 Å². The Hall–Kier alpha value is -2.59. The van der Waals surface area contributed by atoms with Gasteiger partial charge in [-0.05, 0) is 36.5 Å². The summed E-state index contributed by atoms with van der Waals surface area (Å²) in [5.74, 6) is -0.832. The van der Waals surface area contributed by atoms with Crippen molar-refractivity contribution in [1.82, 2.24) is 0 Å². The summed E-state index contributed by atoms with van der Waals surface area (Å²) in [5, 5.41) is 0. The third kappa shape index (κ3) is 5.73. The number of carbonyl (C=O) groups is 2. The molecule has 1 aliphatic rings. The zero-order valence-electron chi connectivity index (χ0n) is 17.5. The number of rotatable bonds is 8. The topological polar surface area (TPSA) is 78.9 Å². The lowest BCUT2D eigenvalue weighted by molar-refractivity contribution is -0.149. The number of benzene rings is 2. The van der Waals surface area contributed by atoms with Gasteiger partial charge in [0.05, 0.1) is 23.3 Å². The lowest BCUT2D eigenvalue weighted by Gasteiger charge is -2.22. The molecule has 2 aromatic carbocycles. The summed E-state index contributed by atoms with van der Waals surface area (Å²) in [6, 6.07) is 14.6. The Morgan fingerprint density at radius 1 is 0.933 bits per heavy atom. The van der Waals surface area contributed by atoms with Crippen molar-refractivity contribution < 1.29 is 28.4 Å². The maximum absolute atomic E-state index is 13.5. The Balaban J connectivity index is 0.00000155. The highest BCUT2D eigenvalue weighted by molar-refractivity contribution is 7.00. The quantitative estimate of drug-likeness (QED) is 0.267. The van der Waals surface area contributed by atoms with Crippen molar-refractivity contribution in [3.05, 3.63) is 59.7 Å². The van der Waals surface area contributed by atoms with Crippen LogP contribution in [0.3, 0.4) is 0 Å². The molecule has 0 spiro atoms. The van der Waals surface area contributed by atoms with Crippen molar-refractivity contribution in [2.45, 2.75) is 32.3 Å². The van der Waals surface area contributed by atoms with Crippen molar-refractivity contribution in [1.29, 1.82) is 0 Å². The minimum Gasteiger partial charge on any atom is -0.496 e. The van der Waals surface area contributed by atoms with Crippen LogP contribution in [0.4, 0.5) is 0 Å². The van der Waals surface area contributed by atoms with E-state index in [9.17, 15) is 9.59 Å². The molecule has 0 saturated heterocycles. The summed E-state index contributed by atoms with van der Waals surface area (Å²) >= 11 is 0. The Morgan fingerprint density at radius 3 is 2.03 bits per heavy atom. The van der Waals surface area contributed by atoms with Crippen molar-refractivity contribution >= 4 is 20.9 Å². The average molecular weight is 432 g/mol. The van der Waals surface area contributed by atoms with Gasteiger partial charge in [-0.1, -0.05) is 49.2 Å². The highest BCUT2D eigenvalue weighted by atomic mass is 31.0. The number of Topliss-reactive ketones (excluding diaryl/α,β-unsaturated/α-hetero) is 1. The number of hydrogen-bond donors (Lipinski definition) is 0. The first-order valence-electron chi connectivity index (χ1n) is 9.90. The molecule has 0 aromatic heterocycles. The Morgan fingerprint density at radius 2 is 1.50 bits per heavy atom. The minimum atomic E-state index is -0.851. The fraction of sp³-hybridized carbons (Fsp3) is 0.391. The van der Waals surface area contributed by atoms with Crippen LogP contribution in [-0.4, -0.2) is 26.0 Å². The molecular weight excluding hydrogens is 403 g/mol. The van der Waals surface area contributed by atoms with E-state index in [1.54, 1.807) is 18.2 Å². The fourth-order valence-corrected chi connectivity index (χ4v) is 3.87. The van der Waals surface area contributed by atoms with Crippen molar-refractivity contribution in [2.24, 2.45) is 11.8 Å². The SMILES string of the molecule is COc1cccc(OC)c1C(=O)C(C(=O)OCc1ccccc1)C1CCCC1.O=[PH3]. The van der Waals surface area contributed by atoms with E-state index in [0.717, 1.165) is 31.2 Å². The molecule has 2 unspecified atom stereocenters. The van der Waals surface area contributed by atoms with Crippen LogP contribution in [0.15, 0.2) is 48.5 Å². The summed E-state index contributed by atoms with van der Waals surface area (Å²) in [6.07, 6.45) is 3.72. The van der Waals surface area contributed by atoms with Gasteiger partial charge >= 0.3 is 5.97 Å². The number of ether oxygens (including phenoxy) is 3. The first kappa shape index (κ1) is 23.7. The van der Waals surface area contributed by atoms with Crippen molar-refractivity contribution in [2.75, 3.05) is 14.2 Å². The third-order valence-electron chi connectivity index (χ3n) is 5.31. The molecule has 1 saturated carbocycles. The Kier molecular flexibility index (Phi) is 9.62. The predicted octanol–water partition coefficient (Wildman–Crippen LogP) is 4.38. The van der Waals surface area contributed by atoms with E-state index in [-0.39, 0.29) is 18.3 Å². The minimum absolute atomic E-state index is 0.0228. The van der Waals surface area contributed by atoms with Gasteiger partial charge in [0.1, 0.15) is 29.6 Å². The predicted molar refractivity (Wildman–Crippen MR) is 117 cm³/mol. The molecule has 2 atom stereocenters. The summed E-state index contributed by atoms with van der Waals surface area (Å²) < 4.78 is 24.6. The van der Waals surface area contributed by atoms with Crippen LogP contribution in [0.25, 0.3) is 0 Å². The van der Waals surface area contributed by atoms with Gasteiger partial charge in [-0.25, -0.2) is 0 Å². The second-order valence-electron chi connectivity index (χ2n) is 7.02. The molecule has 0 amide bonds. The van der Waals surface area contributed by atoms with Crippen LogP contribution in [-0.2, 0) is 20.7 Å². The van der Waals surface area contributed by atoms with Crippen molar-refractivity contribution in [3.8, 4) is 11.5 Å². The number of methoxy groups -OCH3 is 2. The lowest BCUT2D eigenvalue weighted by Crippen LogP contribution is -2.32. The zero-order valence-corrected chi connectivity index (χ0v) is 18.9. The highest BCUT2D eigenvalue weighted by Crippen LogP contribution is 2.38. The average Bonchev–Trinajstić information content (AvgIpc) is 3.33. The van der Waals surface area contributed by atoms with E-state index in [1.807, 2.05) is 30.3 Å². The monoisotopic (exact) mass is 432 g/mol. The van der Waals surface area contributed by atoms with E-state index in [1.165, 1.54) is 14.2 Å². The molecule has 0 bridgehead atoms. The number of ketones is 1. The summed E-state index contributed by atoms with van der Waals surface area (Å²) in [5.41, 5.74) is 1.20. The van der Waals surface area contributed by atoms with Crippen LogP contribution in [0.1, 0.15) is 41.6 Å². The first-order valence-corrected chi connectivity index (χ1v) is 10.5. The smallest absolute Gasteiger partial charge is 0.317 e. The largest absolute Gasteiger partial charge is 0.496 e. The summed E-state index contributed by atoms with van der Waals surface area (Å²) in [6.45, 7) is 0.152. The Labute approximate surface area is 179 Å². The van der Waals surface area contributed by atoms with Crippen LogP contribution < -0.4 is 9.47 Å². The molecule has 1 fully saturated rings. The molecular formula is C23H29O6P. The van der Waals surface area contributed by atoms with Gasteiger partial charge in [0, 0.05) is 0 Å². The maximum Gasteiger partial charge on any atom is 0.317 e. The highest BCUT2D eigenvalue weighted by Gasteiger charge is 2.40. The molecule has 3 rings (SSSR count). The number of hydrogen-bond acceptors (Lipinski definition) is 6. The molecule has 0 N–H and O–H groups in total. The van der Waals surface area contributed by atoms with Gasteiger partial charge in [-0.2, -0.15) is 0 Å². The molecule has 7 heteroatoms. The van der Waals surface area contributed by atoms with Crippen LogP contribution >= 0.6 is 9.12 Å². The molecule has 30 heavy (non-hydrogen) atoms. The number of esters is 1. The van der Waals surface area contributed by atoms with E-state index < -0.39 is 11.9 Å². The molecule has 162 valence electrons. The summed E-state index contributed by atoms with van der Waals surface area (Å²) in [7, 11) is 3.62. The van der Waals surface area contributed by atoms with E-state index in [0.29, 0.717) is 26.2 Å². The molecule has 0 heterocycles.